The van der Waals surface area contributed by atoms with E-state index in [0.29, 0.717) is 5.52 Å². The molecule has 0 spiro atoms. The van der Waals surface area contributed by atoms with Crippen LogP contribution in [0.1, 0.15) is 18.5 Å². The molecule has 1 aliphatic heterocycles. The summed E-state index contributed by atoms with van der Waals surface area (Å²) in [5, 5.41) is 5.14. The number of thiazole rings is 1. The quantitative estimate of drug-likeness (QED) is 0.724. The number of benzene rings is 1. The molecule has 7 heteroatoms. The normalized spacial score (nSPS) is 14.4. The molecule has 1 aliphatic rings. The zero-order valence-electron chi connectivity index (χ0n) is 13.9. The molecule has 1 fully saturated rings. The van der Waals surface area contributed by atoms with Crippen molar-refractivity contribution in [1.82, 2.24) is 19.7 Å². The topological polar surface area (TPSA) is 68.1 Å². The van der Waals surface area contributed by atoms with Gasteiger partial charge < -0.3 is 4.90 Å². The van der Waals surface area contributed by atoms with Crippen LogP contribution < -0.4 is 5.56 Å². The summed E-state index contributed by atoms with van der Waals surface area (Å²) in [5.74, 6) is -0.0515. The second-order valence-corrected chi connectivity index (χ2v) is 7.20. The van der Waals surface area contributed by atoms with Crippen molar-refractivity contribution in [1.29, 1.82) is 0 Å². The fraction of sp³-hybridized carbons (Fsp3) is 0.333. The lowest BCUT2D eigenvalue weighted by Gasteiger charge is -2.15. The van der Waals surface area contributed by atoms with Gasteiger partial charge in [0.2, 0.25) is 5.91 Å². The van der Waals surface area contributed by atoms with E-state index in [1.165, 1.54) is 16.0 Å². The molecule has 0 bridgehead atoms. The Morgan fingerprint density at radius 2 is 1.92 bits per heavy atom. The first-order valence-corrected chi connectivity index (χ1v) is 9.16. The van der Waals surface area contributed by atoms with E-state index in [1.54, 1.807) is 4.90 Å². The van der Waals surface area contributed by atoms with Crippen molar-refractivity contribution in [3.63, 3.8) is 0 Å². The number of likely N-dealkylation sites (tertiary alicyclic amines) is 1. The molecule has 128 valence electrons. The van der Waals surface area contributed by atoms with Crippen LogP contribution in [-0.2, 0) is 11.3 Å². The summed E-state index contributed by atoms with van der Waals surface area (Å²) in [6.45, 7) is 3.37. The molecule has 2 aromatic heterocycles. The molecule has 1 amide bonds. The summed E-state index contributed by atoms with van der Waals surface area (Å²) >= 11 is 1.46. The lowest BCUT2D eigenvalue weighted by Crippen LogP contribution is -2.36. The van der Waals surface area contributed by atoms with Crippen LogP contribution in [0.15, 0.2) is 35.1 Å². The van der Waals surface area contributed by atoms with Gasteiger partial charge in [0.15, 0.2) is 5.52 Å². The summed E-state index contributed by atoms with van der Waals surface area (Å²) in [5.41, 5.74) is 1.79. The van der Waals surface area contributed by atoms with Gasteiger partial charge in [0.05, 0.1) is 10.4 Å². The first-order chi connectivity index (χ1) is 12.1. The minimum Gasteiger partial charge on any atom is -0.341 e. The maximum Gasteiger partial charge on any atom is 0.294 e. The van der Waals surface area contributed by atoms with Crippen LogP contribution in [0, 0.1) is 6.92 Å². The Morgan fingerprint density at radius 1 is 1.20 bits per heavy atom. The highest BCUT2D eigenvalue weighted by Crippen LogP contribution is 2.29. The molecule has 3 heterocycles. The van der Waals surface area contributed by atoms with Crippen LogP contribution in [0.2, 0.25) is 0 Å². The van der Waals surface area contributed by atoms with E-state index in [-0.39, 0.29) is 18.0 Å². The van der Waals surface area contributed by atoms with Crippen molar-refractivity contribution in [2.45, 2.75) is 26.3 Å². The predicted octanol–water partition coefficient (Wildman–Crippen LogP) is 2.45. The standard InChI is InChI=1S/C18H18N4O2S/c1-12-16-15(19-17(25-16)13-7-3-2-4-8-13)18(24)22(20-12)11-14(23)21-9-5-6-10-21/h2-4,7-8H,5-6,9-11H2,1H3. The molecule has 0 N–H and O–H groups in total. The van der Waals surface area contributed by atoms with Crippen molar-refractivity contribution < 1.29 is 4.79 Å². The second-order valence-electron chi connectivity index (χ2n) is 6.20. The molecule has 1 saturated heterocycles. The molecule has 4 rings (SSSR count). The number of fused-ring (bicyclic) bond motifs is 1. The average Bonchev–Trinajstić information content (AvgIpc) is 3.30. The Balaban J connectivity index is 1.73. The van der Waals surface area contributed by atoms with E-state index in [2.05, 4.69) is 10.1 Å². The molecular weight excluding hydrogens is 336 g/mol. The highest BCUT2D eigenvalue weighted by atomic mass is 32.1. The molecular formula is C18H18N4O2S. The zero-order chi connectivity index (χ0) is 17.4. The number of rotatable bonds is 3. The van der Waals surface area contributed by atoms with E-state index < -0.39 is 0 Å². The maximum atomic E-state index is 12.7. The van der Waals surface area contributed by atoms with E-state index >= 15 is 0 Å². The molecule has 0 aliphatic carbocycles. The molecule has 0 saturated carbocycles. The third-order valence-electron chi connectivity index (χ3n) is 4.43. The number of amides is 1. The number of hydrogen-bond acceptors (Lipinski definition) is 5. The summed E-state index contributed by atoms with van der Waals surface area (Å²) < 4.78 is 2.04. The van der Waals surface area contributed by atoms with E-state index in [1.807, 2.05) is 37.3 Å². The van der Waals surface area contributed by atoms with Crippen LogP contribution in [0.4, 0.5) is 0 Å². The molecule has 0 unspecified atom stereocenters. The van der Waals surface area contributed by atoms with Crippen molar-refractivity contribution in [2.24, 2.45) is 0 Å². The summed E-state index contributed by atoms with van der Waals surface area (Å²) in [6.07, 6.45) is 2.05. The third kappa shape index (κ3) is 2.95. The molecule has 0 atom stereocenters. The van der Waals surface area contributed by atoms with Gasteiger partial charge in [-0.05, 0) is 19.8 Å². The number of carbonyl (C=O) groups is 1. The van der Waals surface area contributed by atoms with Crippen molar-refractivity contribution in [2.75, 3.05) is 13.1 Å². The Bertz CT molecular complexity index is 987. The Kier molecular flexibility index (Phi) is 4.09. The number of aromatic nitrogens is 3. The minimum atomic E-state index is -0.299. The lowest BCUT2D eigenvalue weighted by atomic mass is 10.2. The fourth-order valence-electron chi connectivity index (χ4n) is 3.11. The summed E-state index contributed by atoms with van der Waals surface area (Å²) in [6, 6.07) is 9.77. The Labute approximate surface area is 148 Å². The average molecular weight is 354 g/mol. The SMILES string of the molecule is Cc1nn(CC(=O)N2CCCC2)c(=O)c2nc(-c3ccccc3)sc12. The molecule has 6 nitrogen and oxygen atoms in total. The van der Waals surface area contributed by atoms with Gasteiger partial charge >= 0.3 is 0 Å². The zero-order valence-corrected chi connectivity index (χ0v) is 14.8. The van der Waals surface area contributed by atoms with Crippen LogP contribution in [0.5, 0.6) is 0 Å². The summed E-state index contributed by atoms with van der Waals surface area (Å²) in [4.78, 5) is 31.4. The van der Waals surface area contributed by atoms with Gasteiger partial charge in [0.25, 0.3) is 5.56 Å². The predicted molar refractivity (Wildman–Crippen MR) is 97.7 cm³/mol. The first kappa shape index (κ1) is 16.0. The van der Waals surface area contributed by atoms with Crippen molar-refractivity contribution in [3.8, 4) is 10.6 Å². The van der Waals surface area contributed by atoms with Gasteiger partial charge in [-0.25, -0.2) is 9.67 Å². The van der Waals surface area contributed by atoms with Crippen LogP contribution in [-0.4, -0.2) is 38.7 Å². The second kappa shape index (κ2) is 6.40. The van der Waals surface area contributed by atoms with Gasteiger partial charge in [0.1, 0.15) is 11.6 Å². The van der Waals surface area contributed by atoms with Gasteiger partial charge in [-0.3, -0.25) is 9.59 Å². The number of nitrogens with zero attached hydrogens (tertiary/aromatic N) is 4. The van der Waals surface area contributed by atoms with Gasteiger partial charge in [-0.1, -0.05) is 30.3 Å². The number of hydrogen-bond donors (Lipinski definition) is 0. The van der Waals surface area contributed by atoms with Crippen molar-refractivity contribution >= 4 is 27.5 Å². The van der Waals surface area contributed by atoms with E-state index in [0.717, 1.165) is 46.9 Å². The van der Waals surface area contributed by atoms with Gasteiger partial charge in [0, 0.05) is 18.7 Å². The van der Waals surface area contributed by atoms with Gasteiger partial charge in [-0.15, -0.1) is 11.3 Å². The molecule has 25 heavy (non-hydrogen) atoms. The number of carbonyl (C=O) groups excluding carboxylic acids is 1. The smallest absolute Gasteiger partial charge is 0.294 e. The van der Waals surface area contributed by atoms with Crippen LogP contribution in [0.3, 0.4) is 0 Å². The maximum absolute atomic E-state index is 12.7. The minimum absolute atomic E-state index is 0.0200. The highest BCUT2D eigenvalue weighted by Gasteiger charge is 2.21. The third-order valence-corrected chi connectivity index (χ3v) is 5.64. The van der Waals surface area contributed by atoms with E-state index in [9.17, 15) is 9.59 Å². The largest absolute Gasteiger partial charge is 0.341 e. The molecule has 1 aromatic carbocycles. The van der Waals surface area contributed by atoms with Gasteiger partial charge in [-0.2, -0.15) is 5.10 Å². The Morgan fingerprint density at radius 3 is 2.64 bits per heavy atom. The van der Waals surface area contributed by atoms with Crippen LogP contribution >= 0.6 is 11.3 Å². The monoisotopic (exact) mass is 354 g/mol. The number of aryl methyl sites for hydroxylation is 1. The summed E-state index contributed by atoms with van der Waals surface area (Å²) in [7, 11) is 0. The van der Waals surface area contributed by atoms with Crippen LogP contribution in [0.25, 0.3) is 20.8 Å². The fourth-order valence-corrected chi connectivity index (χ4v) is 4.11. The van der Waals surface area contributed by atoms with E-state index in [4.69, 9.17) is 0 Å². The molecule has 0 radical (unpaired) electrons. The highest BCUT2D eigenvalue weighted by molar-refractivity contribution is 7.21. The lowest BCUT2D eigenvalue weighted by molar-refractivity contribution is -0.131. The Hall–Kier alpha value is -2.54. The first-order valence-electron chi connectivity index (χ1n) is 8.35. The van der Waals surface area contributed by atoms with Crippen molar-refractivity contribution in [3.05, 3.63) is 46.4 Å². The molecule has 3 aromatic rings.